The van der Waals surface area contributed by atoms with Gasteiger partial charge < -0.3 is 15.4 Å². The molecule has 1 saturated heterocycles. The van der Waals surface area contributed by atoms with E-state index in [2.05, 4.69) is 34.9 Å². The number of amides is 1. The Kier molecular flexibility index (Phi) is 5.62. The predicted octanol–water partition coefficient (Wildman–Crippen LogP) is 1.63. The van der Waals surface area contributed by atoms with Gasteiger partial charge in [-0.1, -0.05) is 36.8 Å². The first-order valence-corrected chi connectivity index (χ1v) is 7.46. The summed E-state index contributed by atoms with van der Waals surface area (Å²) in [5.74, 6) is 0.0133. The average Bonchev–Trinajstić information content (AvgIpc) is 2.48. The van der Waals surface area contributed by atoms with E-state index in [0.717, 1.165) is 25.9 Å². The quantitative estimate of drug-likeness (QED) is 0.889. The maximum atomic E-state index is 12.1. The fraction of sp³-hybridized carbons (Fsp3) is 0.562. The molecule has 1 aromatic carbocycles. The Balaban J connectivity index is 0.00000161. The molecule has 1 saturated carbocycles. The van der Waals surface area contributed by atoms with E-state index in [-0.39, 0.29) is 29.8 Å². The normalized spacial score (nSPS) is 23.5. The lowest BCUT2D eigenvalue weighted by atomic mass is 9.64. The molecule has 1 aliphatic carbocycles. The van der Waals surface area contributed by atoms with Crippen LogP contribution in [0.3, 0.4) is 0 Å². The molecule has 1 unspecified atom stereocenters. The minimum Gasteiger partial charge on any atom is -0.366 e. The number of carbonyl (C=O) groups is 1. The SMILES string of the molecule is Cl.O=C(NCC1(c2ccccc2)CCC1)C1CNCCO1. The third-order valence-corrected chi connectivity index (χ3v) is 4.52. The number of benzene rings is 1. The molecule has 2 N–H and O–H groups in total. The average molecular weight is 311 g/mol. The van der Waals surface area contributed by atoms with E-state index in [4.69, 9.17) is 4.74 Å². The van der Waals surface area contributed by atoms with Crippen LogP contribution in [0.2, 0.25) is 0 Å². The molecule has 5 heteroatoms. The van der Waals surface area contributed by atoms with Crippen LogP contribution in [0, 0.1) is 0 Å². The molecule has 0 aromatic heterocycles. The summed E-state index contributed by atoms with van der Waals surface area (Å²) in [5.41, 5.74) is 1.48. The van der Waals surface area contributed by atoms with Crippen LogP contribution in [0.5, 0.6) is 0 Å². The van der Waals surface area contributed by atoms with Crippen molar-refractivity contribution in [3.63, 3.8) is 0 Å². The third-order valence-electron chi connectivity index (χ3n) is 4.52. The molecule has 21 heavy (non-hydrogen) atoms. The summed E-state index contributed by atoms with van der Waals surface area (Å²) in [4.78, 5) is 12.1. The number of rotatable bonds is 4. The molecule has 2 aliphatic rings. The lowest BCUT2D eigenvalue weighted by molar-refractivity contribution is -0.134. The van der Waals surface area contributed by atoms with Crippen LogP contribution >= 0.6 is 12.4 Å². The highest BCUT2D eigenvalue weighted by molar-refractivity contribution is 5.85. The van der Waals surface area contributed by atoms with Gasteiger partial charge in [0, 0.05) is 25.0 Å². The first-order valence-electron chi connectivity index (χ1n) is 7.46. The zero-order chi connectivity index (χ0) is 13.8. The lowest BCUT2D eigenvalue weighted by Crippen LogP contribution is -2.52. The molecule has 1 heterocycles. The smallest absolute Gasteiger partial charge is 0.250 e. The molecule has 2 fully saturated rings. The number of nitrogens with one attached hydrogen (secondary N) is 2. The monoisotopic (exact) mass is 310 g/mol. The van der Waals surface area contributed by atoms with E-state index < -0.39 is 0 Å². The molecule has 4 nitrogen and oxygen atoms in total. The van der Waals surface area contributed by atoms with Gasteiger partial charge in [0.15, 0.2) is 0 Å². The van der Waals surface area contributed by atoms with Crippen LogP contribution in [0.25, 0.3) is 0 Å². The standard InChI is InChI=1S/C16H22N2O2.ClH/c19-15(14-11-17-9-10-20-14)18-12-16(7-4-8-16)13-5-2-1-3-6-13;/h1-3,5-6,14,17H,4,7-12H2,(H,18,19);1H. The van der Waals surface area contributed by atoms with Crippen molar-refractivity contribution in [2.24, 2.45) is 0 Å². The summed E-state index contributed by atoms with van der Waals surface area (Å²) in [5, 5.41) is 6.28. The molecule has 3 rings (SSSR count). The molecule has 0 bridgehead atoms. The van der Waals surface area contributed by atoms with Crippen molar-refractivity contribution in [2.45, 2.75) is 30.8 Å². The van der Waals surface area contributed by atoms with Gasteiger partial charge in [0.2, 0.25) is 5.91 Å². The minimum absolute atomic E-state index is 0. The minimum atomic E-state index is -0.336. The van der Waals surface area contributed by atoms with Crippen molar-refractivity contribution in [1.82, 2.24) is 10.6 Å². The molecule has 0 radical (unpaired) electrons. The van der Waals surface area contributed by atoms with E-state index in [1.54, 1.807) is 0 Å². The van der Waals surface area contributed by atoms with E-state index in [0.29, 0.717) is 13.2 Å². The van der Waals surface area contributed by atoms with Crippen molar-refractivity contribution in [2.75, 3.05) is 26.2 Å². The van der Waals surface area contributed by atoms with Crippen molar-refractivity contribution in [1.29, 1.82) is 0 Å². The fourth-order valence-corrected chi connectivity index (χ4v) is 3.07. The zero-order valence-electron chi connectivity index (χ0n) is 12.1. The molecular weight excluding hydrogens is 288 g/mol. The summed E-state index contributed by atoms with van der Waals surface area (Å²) in [6, 6.07) is 10.5. The van der Waals surface area contributed by atoms with Gasteiger partial charge in [-0.15, -0.1) is 12.4 Å². The van der Waals surface area contributed by atoms with Gasteiger partial charge >= 0.3 is 0 Å². The number of ether oxygens (including phenoxy) is 1. The van der Waals surface area contributed by atoms with Crippen molar-refractivity contribution in [3.05, 3.63) is 35.9 Å². The number of carbonyl (C=O) groups excluding carboxylic acids is 1. The summed E-state index contributed by atoms with van der Waals surface area (Å²) in [7, 11) is 0. The Labute approximate surface area is 132 Å². The highest BCUT2D eigenvalue weighted by Gasteiger charge is 2.39. The van der Waals surface area contributed by atoms with Crippen LogP contribution in [0.1, 0.15) is 24.8 Å². The van der Waals surface area contributed by atoms with E-state index in [1.807, 2.05) is 6.07 Å². The van der Waals surface area contributed by atoms with Gasteiger partial charge in [0.05, 0.1) is 6.61 Å². The molecule has 0 spiro atoms. The Hall–Kier alpha value is -1.10. The largest absolute Gasteiger partial charge is 0.366 e. The molecule has 1 aromatic rings. The second kappa shape index (κ2) is 7.25. The molecule has 1 atom stereocenters. The predicted molar refractivity (Wildman–Crippen MR) is 84.8 cm³/mol. The second-order valence-electron chi connectivity index (χ2n) is 5.78. The first-order chi connectivity index (χ1) is 9.80. The van der Waals surface area contributed by atoms with Gasteiger partial charge in [0.25, 0.3) is 0 Å². The van der Waals surface area contributed by atoms with Crippen molar-refractivity contribution in [3.8, 4) is 0 Å². The van der Waals surface area contributed by atoms with Crippen molar-refractivity contribution >= 4 is 18.3 Å². The third kappa shape index (κ3) is 3.57. The van der Waals surface area contributed by atoms with Gasteiger partial charge in [-0.3, -0.25) is 4.79 Å². The summed E-state index contributed by atoms with van der Waals surface area (Å²) in [6.07, 6.45) is 3.21. The number of hydrogen-bond donors (Lipinski definition) is 2. The van der Waals surface area contributed by atoms with E-state index in [1.165, 1.54) is 12.0 Å². The zero-order valence-corrected chi connectivity index (χ0v) is 13.0. The highest BCUT2D eigenvalue weighted by Crippen LogP contribution is 2.43. The molecule has 1 amide bonds. The van der Waals surface area contributed by atoms with Crippen LogP contribution in [0.4, 0.5) is 0 Å². The highest BCUT2D eigenvalue weighted by atomic mass is 35.5. The van der Waals surface area contributed by atoms with Gasteiger partial charge in [-0.25, -0.2) is 0 Å². The molecule has 116 valence electrons. The summed E-state index contributed by atoms with van der Waals surface area (Å²) < 4.78 is 5.49. The number of hydrogen-bond acceptors (Lipinski definition) is 3. The van der Waals surface area contributed by atoms with Gasteiger partial charge in [-0.2, -0.15) is 0 Å². The first kappa shape index (κ1) is 16.3. The Bertz CT molecular complexity index is 457. The van der Waals surface area contributed by atoms with E-state index in [9.17, 15) is 4.79 Å². The van der Waals surface area contributed by atoms with Crippen LogP contribution < -0.4 is 10.6 Å². The van der Waals surface area contributed by atoms with Gasteiger partial charge in [-0.05, 0) is 18.4 Å². The summed E-state index contributed by atoms with van der Waals surface area (Å²) >= 11 is 0. The topological polar surface area (TPSA) is 50.4 Å². The maximum Gasteiger partial charge on any atom is 0.250 e. The van der Waals surface area contributed by atoms with Crippen LogP contribution in [-0.2, 0) is 14.9 Å². The molecule has 1 aliphatic heterocycles. The maximum absolute atomic E-state index is 12.1. The fourth-order valence-electron chi connectivity index (χ4n) is 3.07. The van der Waals surface area contributed by atoms with Crippen molar-refractivity contribution < 1.29 is 9.53 Å². The Morgan fingerprint density at radius 3 is 2.67 bits per heavy atom. The Morgan fingerprint density at radius 1 is 1.33 bits per heavy atom. The number of morpholine rings is 1. The number of halogens is 1. The van der Waals surface area contributed by atoms with Crippen LogP contribution in [-0.4, -0.2) is 38.3 Å². The molecular formula is C16H23ClN2O2. The summed E-state index contributed by atoms with van der Waals surface area (Å²) in [6.45, 7) is 2.78. The van der Waals surface area contributed by atoms with E-state index >= 15 is 0 Å². The lowest BCUT2D eigenvalue weighted by Gasteiger charge is -2.43. The van der Waals surface area contributed by atoms with Crippen LogP contribution in [0.15, 0.2) is 30.3 Å². The second-order valence-corrected chi connectivity index (χ2v) is 5.78. The van der Waals surface area contributed by atoms with Gasteiger partial charge in [0.1, 0.15) is 6.10 Å². The Morgan fingerprint density at radius 2 is 2.10 bits per heavy atom.